The summed E-state index contributed by atoms with van der Waals surface area (Å²) in [7, 11) is 0. The van der Waals surface area contributed by atoms with E-state index in [-0.39, 0.29) is 5.82 Å². The zero-order chi connectivity index (χ0) is 12.1. The smallest absolute Gasteiger partial charge is 0.123 e. The van der Waals surface area contributed by atoms with Gasteiger partial charge in [0, 0.05) is 19.1 Å². The van der Waals surface area contributed by atoms with Crippen molar-refractivity contribution in [3.63, 3.8) is 0 Å². The maximum Gasteiger partial charge on any atom is 0.123 e. The Hall–Kier alpha value is -1.13. The Morgan fingerprint density at radius 3 is 2.82 bits per heavy atom. The molecule has 1 saturated heterocycles. The lowest BCUT2D eigenvalue weighted by Crippen LogP contribution is -2.44. The summed E-state index contributed by atoms with van der Waals surface area (Å²) in [6.45, 7) is 3.55. The lowest BCUT2D eigenvalue weighted by Gasteiger charge is -2.30. The Kier molecular flexibility index (Phi) is 4.34. The van der Waals surface area contributed by atoms with Crippen LogP contribution in [-0.4, -0.2) is 37.2 Å². The first kappa shape index (κ1) is 12.3. The highest BCUT2D eigenvalue weighted by molar-refractivity contribution is 5.21. The van der Waals surface area contributed by atoms with Gasteiger partial charge in [0.05, 0.1) is 0 Å². The van der Waals surface area contributed by atoms with E-state index in [1.165, 1.54) is 12.1 Å². The Morgan fingerprint density at radius 2 is 2.12 bits per heavy atom. The van der Waals surface area contributed by atoms with Crippen LogP contribution in [0.4, 0.5) is 4.39 Å². The summed E-state index contributed by atoms with van der Waals surface area (Å²) < 4.78 is 18.2. The second-order valence-electron chi connectivity index (χ2n) is 4.51. The van der Waals surface area contributed by atoms with Crippen molar-refractivity contribution in [1.82, 2.24) is 4.90 Å². The second kappa shape index (κ2) is 5.98. The van der Waals surface area contributed by atoms with E-state index in [4.69, 9.17) is 10.5 Å². The maximum absolute atomic E-state index is 12.7. The van der Waals surface area contributed by atoms with Gasteiger partial charge in [0.25, 0.3) is 0 Å². The molecule has 2 rings (SSSR count). The summed E-state index contributed by atoms with van der Waals surface area (Å²) in [6, 6.07) is 6.42. The number of ether oxygens (including phenoxy) is 1. The Balaban J connectivity index is 1.70. The predicted octanol–water partition coefficient (Wildman–Crippen LogP) is 1.63. The number of benzene rings is 1. The summed E-state index contributed by atoms with van der Waals surface area (Å²) in [4.78, 5) is 2.32. The van der Waals surface area contributed by atoms with E-state index in [0.29, 0.717) is 18.4 Å². The van der Waals surface area contributed by atoms with Crippen molar-refractivity contribution in [3.05, 3.63) is 30.1 Å². The molecule has 1 aromatic carbocycles. The van der Waals surface area contributed by atoms with Gasteiger partial charge in [0.1, 0.15) is 18.2 Å². The minimum Gasteiger partial charge on any atom is -0.492 e. The van der Waals surface area contributed by atoms with Crippen LogP contribution in [0.3, 0.4) is 0 Å². The van der Waals surface area contributed by atoms with Crippen molar-refractivity contribution in [2.45, 2.75) is 18.9 Å². The Labute approximate surface area is 101 Å². The van der Waals surface area contributed by atoms with Crippen molar-refractivity contribution in [2.75, 3.05) is 26.2 Å². The van der Waals surface area contributed by atoms with Crippen LogP contribution in [-0.2, 0) is 0 Å². The summed E-state index contributed by atoms with van der Waals surface area (Å²) >= 11 is 0. The van der Waals surface area contributed by atoms with Crippen molar-refractivity contribution < 1.29 is 9.13 Å². The molecule has 0 saturated carbocycles. The van der Waals surface area contributed by atoms with E-state index >= 15 is 0 Å². The van der Waals surface area contributed by atoms with E-state index in [9.17, 15) is 4.39 Å². The molecule has 0 spiro atoms. The summed E-state index contributed by atoms with van der Waals surface area (Å²) in [5.41, 5.74) is 5.90. The van der Waals surface area contributed by atoms with Crippen LogP contribution in [0.15, 0.2) is 24.3 Å². The molecule has 1 aliphatic heterocycles. The topological polar surface area (TPSA) is 38.5 Å². The number of likely N-dealkylation sites (tertiary alicyclic amines) is 1. The predicted molar refractivity (Wildman–Crippen MR) is 65.5 cm³/mol. The van der Waals surface area contributed by atoms with Crippen LogP contribution in [0.1, 0.15) is 12.8 Å². The molecule has 1 aliphatic rings. The second-order valence-corrected chi connectivity index (χ2v) is 4.51. The average Bonchev–Trinajstić information content (AvgIpc) is 2.32. The van der Waals surface area contributed by atoms with Gasteiger partial charge in [-0.1, -0.05) is 0 Å². The summed E-state index contributed by atoms with van der Waals surface area (Å²) in [6.07, 6.45) is 2.28. The number of halogens is 1. The van der Waals surface area contributed by atoms with Gasteiger partial charge in [-0.15, -0.1) is 0 Å². The highest BCUT2D eigenvalue weighted by atomic mass is 19.1. The lowest BCUT2D eigenvalue weighted by molar-refractivity contribution is 0.171. The van der Waals surface area contributed by atoms with E-state index in [1.54, 1.807) is 12.1 Å². The SMILES string of the molecule is N[C@@H]1CCCN(CCOc2ccc(F)cc2)C1. The molecule has 17 heavy (non-hydrogen) atoms. The van der Waals surface area contributed by atoms with E-state index in [2.05, 4.69) is 4.90 Å². The fraction of sp³-hybridized carbons (Fsp3) is 0.538. The molecule has 0 aromatic heterocycles. The van der Waals surface area contributed by atoms with Crippen LogP contribution in [0.25, 0.3) is 0 Å². The molecule has 4 heteroatoms. The van der Waals surface area contributed by atoms with Gasteiger partial charge in [-0.3, -0.25) is 4.90 Å². The molecule has 1 aromatic rings. The molecular formula is C13H19FN2O. The summed E-state index contributed by atoms with van der Waals surface area (Å²) in [5, 5.41) is 0. The molecule has 0 aliphatic carbocycles. The first-order chi connectivity index (χ1) is 8.24. The standard InChI is InChI=1S/C13H19FN2O/c14-11-3-5-13(6-4-11)17-9-8-16-7-1-2-12(15)10-16/h3-6,12H,1-2,7-10,15H2/t12-/m1/s1. The highest BCUT2D eigenvalue weighted by Gasteiger charge is 2.15. The molecule has 0 bridgehead atoms. The quantitative estimate of drug-likeness (QED) is 0.866. The lowest BCUT2D eigenvalue weighted by atomic mass is 10.1. The molecule has 1 fully saturated rings. The fourth-order valence-corrected chi connectivity index (χ4v) is 2.12. The van der Waals surface area contributed by atoms with Crippen LogP contribution in [0, 0.1) is 5.82 Å². The molecule has 3 nitrogen and oxygen atoms in total. The van der Waals surface area contributed by atoms with E-state index < -0.39 is 0 Å². The Morgan fingerprint density at radius 1 is 1.35 bits per heavy atom. The van der Waals surface area contributed by atoms with Crippen molar-refractivity contribution in [1.29, 1.82) is 0 Å². The third-order valence-electron chi connectivity index (χ3n) is 3.03. The molecule has 1 heterocycles. The van der Waals surface area contributed by atoms with E-state index in [1.807, 2.05) is 0 Å². The van der Waals surface area contributed by atoms with Gasteiger partial charge < -0.3 is 10.5 Å². The van der Waals surface area contributed by atoms with Crippen LogP contribution in [0.5, 0.6) is 5.75 Å². The van der Waals surface area contributed by atoms with Crippen molar-refractivity contribution >= 4 is 0 Å². The number of piperidine rings is 1. The van der Waals surface area contributed by atoms with Crippen LogP contribution in [0.2, 0.25) is 0 Å². The molecule has 0 unspecified atom stereocenters. The monoisotopic (exact) mass is 238 g/mol. The number of hydrogen-bond donors (Lipinski definition) is 1. The fourth-order valence-electron chi connectivity index (χ4n) is 2.12. The zero-order valence-electron chi connectivity index (χ0n) is 9.94. The number of hydrogen-bond acceptors (Lipinski definition) is 3. The van der Waals surface area contributed by atoms with Gasteiger partial charge in [0.15, 0.2) is 0 Å². The van der Waals surface area contributed by atoms with Gasteiger partial charge in [-0.05, 0) is 43.7 Å². The first-order valence-corrected chi connectivity index (χ1v) is 6.10. The first-order valence-electron chi connectivity index (χ1n) is 6.10. The van der Waals surface area contributed by atoms with Crippen LogP contribution < -0.4 is 10.5 Å². The number of nitrogens with two attached hydrogens (primary N) is 1. The molecule has 0 amide bonds. The number of rotatable bonds is 4. The minimum atomic E-state index is -0.237. The molecule has 0 radical (unpaired) electrons. The number of nitrogens with zero attached hydrogens (tertiary/aromatic N) is 1. The normalized spacial score (nSPS) is 21.4. The third kappa shape index (κ3) is 3.98. The third-order valence-corrected chi connectivity index (χ3v) is 3.03. The average molecular weight is 238 g/mol. The molecular weight excluding hydrogens is 219 g/mol. The van der Waals surface area contributed by atoms with Gasteiger partial charge in [0.2, 0.25) is 0 Å². The highest BCUT2D eigenvalue weighted by Crippen LogP contribution is 2.12. The summed E-state index contributed by atoms with van der Waals surface area (Å²) in [5.74, 6) is 0.479. The molecule has 2 N–H and O–H groups in total. The zero-order valence-corrected chi connectivity index (χ0v) is 9.94. The molecule has 94 valence electrons. The van der Waals surface area contributed by atoms with Crippen LogP contribution >= 0.6 is 0 Å². The van der Waals surface area contributed by atoms with Crippen molar-refractivity contribution in [3.8, 4) is 5.75 Å². The molecule has 1 atom stereocenters. The maximum atomic E-state index is 12.7. The van der Waals surface area contributed by atoms with Crippen molar-refractivity contribution in [2.24, 2.45) is 5.73 Å². The van der Waals surface area contributed by atoms with Gasteiger partial charge >= 0.3 is 0 Å². The van der Waals surface area contributed by atoms with Gasteiger partial charge in [-0.25, -0.2) is 4.39 Å². The van der Waals surface area contributed by atoms with E-state index in [0.717, 1.165) is 32.5 Å². The minimum absolute atomic E-state index is 0.237. The van der Waals surface area contributed by atoms with Gasteiger partial charge in [-0.2, -0.15) is 0 Å². The largest absolute Gasteiger partial charge is 0.492 e. The Bertz CT molecular complexity index is 342.